The molecule has 1 aromatic rings. The molecule has 0 saturated carbocycles. The lowest BCUT2D eigenvalue weighted by molar-refractivity contribution is 0.318. The predicted molar refractivity (Wildman–Crippen MR) is 76.0 cm³/mol. The average molecular weight is 268 g/mol. The smallest absolute Gasteiger partial charge is 0.188 e. The van der Waals surface area contributed by atoms with Crippen molar-refractivity contribution in [3.63, 3.8) is 0 Å². The Kier molecular flexibility index (Phi) is 6.53. The van der Waals surface area contributed by atoms with Gasteiger partial charge in [0.05, 0.1) is 0 Å². The van der Waals surface area contributed by atoms with Gasteiger partial charge in [-0.3, -0.25) is 4.98 Å². The van der Waals surface area contributed by atoms with Gasteiger partial charge in [-0.1, -0.05) is 12.1 Å². The molecule has 0 aliphatic carbocycles. The van der Waals surface area contributed by atoms with Gasteiger partial charge in [0.25, 0.3) is 0 Å². The first-order chi connectivity index (χ1) is 8.67. The molecule has 1 rings (SSSR count). The molecular weight excluding hydrogens is 248 g/mol. The second-order valence-electron chi connectivity index (χ2n) is 4.23. The van der Waals surface area contributed by atoms with E-state index in [-0.39, 0.29) is 5.84 Å². The predicted octanol–water partition coefficient (Wildman–Crippen LogP) is 1.26. The summed E-state index contributed by atoms with van der Waals surface area (Å²) in [6, 6.07) is 3.74. The minimum Gasteiger partial charge on any atom is -0.409 e. The molecule has 18 heavy (non-hydrogen) atoms. The average Bonchev–Trinajstić information content (AvgIpc) is 2.38. The van der Waals surface area contributed by atoms with Gasteiger partial charge in [-0.15, -0.1) is 0 Å². The number of hydrogen-bond acceptors (Lipinski definition) is 5. The van der Waals surface area contributed by atoms with E-state index in [0.717, 1.165) is 24.4 Å². The third-order valence-electron chi connectivity index (χ3n) is 2.47. The Bertz CT molecular complexity index is 397. The van der Waals surface area contributed by atoms with Crippen LogP contribution in [-0.4, -0.2) is 34.6 Å². The summed E-state index contributed by atoms with van der Waals surface area (Å²) in [5.41, 5.74) is 7.06. The molecule has 1 unspecified atom stereocenters. The highest BCUT2D eigenvalue weighted by molar-refractivity contribution is 7.98. The van der Waals surface area contributed by atoms with E-state index in [0.29, 0.717) is 11.6 Å². The highest BCUT2D eigenvalue weighted by atomic mass is 32.2. The number of amidine groups is 1. The first-order valence-corrected chi connectivity index (χ1v) is 7.19. The molecule has 1 atom stereocenters. The van der Waals surface area contributed by atoms with Crippen LogP contribution in [0.25, 0.3) is 0 Å². The Morgan fingerprint density at radius 1 is 1.67 bits per heavy atom. The van der Waals surface area contributed by atoms with Crippen molar-refractivity contribution in [2.24, 2.45) is 16.8 Å². The summed E-state index contributed by atoms with van der Waals surface area (Å²) in [7, 11) is 0. The normalized spacial score (nSPS) is 13.6. The van der Waals surface area contributed by atoms with E-state index in [1.165, 1.54) is 0 Å². The lowest BCUT2D eigenvalue weighted by Crippen LogP contribution is -2.22. The number of nitrogens with zero attached hydrogens (tertiary/aromatic N) is 2. The number of hydrogen-bond donors (Lipinski definition) is 3. The van der Waals surface area contributed by atoms with Gasteiger partial charge in [0.1, 0.15) is 5.69 Å². The molecule has 0 fully saturated rings. The van der Waals surface area contributed by atoms with Crippen LogP contribution in [-0.2, 0) is 6.54 Å². The van der Waals surface area contributed by atoms with Crippen LogP contribution in [0.5, 0.6) is 0 Å². The standard InChI is InChI=1S/C12H20N4OS/c1-9(8-18-2)6-14-7-10-3-4-15-11(5-10)12(13)16-17/h3-5,9,14,17H,6-8H2,1-2H3,(H2,13,16). The van der Waals surface area contributed by atoms with Crippen LogP contribution in [0.4, 0.5) is 0 Å². The largest absolute Gasteiger partial charge is 0.409 e. The molecule has 0 saturated heterocycles. The Labute approximate surface area is 112 Å². The van der Waals surface area contributed by atoms with Gasteiger partial charge >= 0.3 is 0 Å². The third-order valence-corrected chi connectivity index (χ3v) is 3.37. The van der Waals surface area contributed by atoms with Gasteiger partial charge in [-0.05, 0) is 42.2 Å². The molecule has 5 nitrogen and oxygen atoms in total. The molecule has 0 bridgehead atoms. The van der Waals surface area contributed by atoms with Crippen molar-refractivity contribution < 1.29 is 5.21 Å². The fraction of sp³-hybridized carbons (Fsp3) is 0.500. The minimum atomic E-state index is 0.0348. The minimum absolute atomic E-state index is 0.0348. The third kappa shape index (κ3) is 4.93. The first kappa shape index (κ1) is 14.8. The second-order valence-corrected chi connectivity index (χ2v) is 5.14. The molecule has 0 aliphatic heterocycles. The zero-order valence-corrected chi connectivity index (χ0v) is 11.6. The van der Waals surface area contributed by atoms with Crippen molar-refractivity contribution in [2.45, 2.75) is 13.5 Å². The maximum atomic E-state index is 8.59. The zero-order chi connectivity index (χ0) is 13.4. The SMILES string of the molecule is CSCC(C)CNCc1ccnc(C(N)=NO)c1. The van der Waals surface area contributed by atoms with E-state index in [1.54, 1.807) is 6.20 Å². The number of oxime groups is 1. The topological polar surface area (TPSA) is 83.5 Å². The molecule has 6 heteroatoms. The number of nitrogens with one attached hydrogen (secondary N) is 1. The van der Waals surface area contributed by atoms with Gasteiger partial charge in [0, 0.05) is 12.7 Å². The Balaban J connectivity index is 2.48. The molecular formula is C12H20N4OS. The Hall–Kier alpha value is -1.27. The Morgan fingerprint density at radius 3 is 3.11 bits per heavy atom. The molecule has 0 amide bonds. The summed E-state index contributed by atoms with van der Waals surface area (Å²) in [6.45, 7) is 3.95. The van der Waals surface area contributed by atoms with Crippen molar-refractivity contribution in [3.05, 3.63) is 29.6 Å². The van der Waals surface area contributed by atoms with Gasteiger partial charge in [-0.2, -0.15) is 11.8 Å². The summed E-state index contributed by atoms with van der Waals surface area (Å²) in [5, 5.41) is 14.9. The van der Waals surface area contributed by atoms with E-state index >= 15 is 0 Å². The fourth-order valence-corrected chi connectivity index (χ4v) is 2.27. The van der Waals surface area contributed by atoms with Crippen molar-refractivity contribution in [2.75, 3.05) is 18.6 Å². The quantitative estimate of drug-likeness (QED) is 0.300. The second kappa shape index (κ2) is 7.94. The highest BCUT2D eigenvalue weighted by Gasteiger charge is 2.03. The monoisotopic (exact) mass is 268 g/mol. The molecule has 0 spiro atoms. The first-order valence-electron chi connectivity index (χ1n) is 5.79. The van der Waals surface area contributed by atoms with Gasteiger partial charge in [-0.25, -0.2) is 0 Å². The van der Waals surface area contributed by atoms with E-state index in [4.69, 9.17) is 10.9 Å². The lowest BCUT2D eigenvalue weighted by atomic mass is 10.2. The molecule has 0 radical (unpaired) electrons. The molecule has 0 aromatic carbocycles. The summed E-state index contributed by atoms with van der Waals surface area (Å²) >= 11 is 1.86. The van der Waals surface area contributed by atoms with Crippen LogP contribution in [0.1, 0.15) is 18.2 Å². The lowest BCUT2D eigenvalue weighted by Gasteiger charge is -2.11. The Morgan fingerprint density at radius 2 is 2.44 bits per heavy atom. The molecule has 0 aliphatic rings. The van der Waals surface area contributed by atoms with Crippen LogP contribution < -0.4 is 11.1 Å². The number of rotatable bonds is 7. The fourth-order valence-electron chi connectivity index (χ4n) is 1.58. The van der Waals surface area contributed by atoms with Crippen LogP contribution in [0.15, 0.2) is 23.5 Å². The van der Waals surface area contributed by atoms with E-state index < -0.39 is 0 Å². The van der Waals surface area contributed by atoms with Crippen molar-refractivity contribution >= 4 is 17.6 Å². The summed E-state index contributed by atoms with van der Waals surface area (Å²) < 4.78 is 0. The number of thioether (sulfide) groups is 1. The molecule has 1 heterocycles. The van der Waals surface area contributed by atoms with E-state index in [9.17, 15) is 0 Å². The van der Waals surface area contributed by atoms with Crippen LogP contribution in [0.2, 0.25) is 0 Å². The van der Waals surface area contributed by atoms with Gasteiger partial charge in [0.2, 0.25) is 0 Å². The van der Waals surface area contributed by atoms with Crippen LogP contribution in [0, 0.1) is 5.92 Å². The molecule has 100 valence electrons. The van der Waals surface area contributed by atoms with Crippen molar-refractivity contribution in [1.29, 1.82) is 0 Å². The molecule has 1 aromatic heterocycles. The van der Waals surface area contributed by atoms with E-state index in [2.05, 4.69) is 28.6 Å². The zero-order valence-electron chi connectivity index (χ0n) is 10.8. The van der Waals surface area contributed by atoms with Crippen molar-refractivity contribution in [3.8, 4) is 0 Å². The summed E-state index contributed by atoms with van der Waals surface area (Å²) in [4.78, 5) is 4.04. The van der Waals surface area contributed by atoms with Crippen molar-refractivity contribution in [1.82, 2.24) is 10.3 Å². The van der Waals surface area contributed by atoms with Gasteiger partial charge in [0.15, 0.2) is 5.84 Å². The summed E-state index contributed by atoms with van der Waals surface area (Å²) in [6.07, 6.45) is 3.78. The number of aromatic nitrogens is 1. The number of nitrogens with two attached hydrogens (primary N) is 1. The number of pyridine rings is 1. The summed E-state index contributed by atoms with van der Waals surface area (Å²) in [5.74, 6) is 1.83. The molecule has 4 N–H and O–H groups in total. The van der Waals surface area contributed by atoms with Crippen LogP contribution in [0.3, 0.4) is 0 Å². The van der Waals surface area contributed by atoms with Gasteiger partial charge < -0.3 is 16.3 Å². The highest BCUT2D eigenvalue weighted by Crippen LogP contribution is 2.04. The van der Waals surface area contributed by atoms with Crippen LogP contribution >= 0.6 is 11.8 Å². The maximum absolute atomic E-state index is 8.59. The maximum Gasteiger partial charge on any atom is 0.188 e. The van der Waals surface area contributed by atoms with E-state index in [1.807, 2.05) is 23.9 Å².